The summed E-state index contributed by atoms with van der Waals surface area (Å²) in [5.41, 5.74) is 0. The first kappa shape index (κ1) is 11.2. The predicted molar refractivity (Wildman–Crippen MR) is 58.3 cm³/mol. The van der Waals surface area contributed by atoms with E-state index in [-0.39, 0.29) is 6.61 Å². The van der Waals surface area contributed by atoms with Gasteiger partial charge in [0, 0.05) is 13.1 Å². The number of aromatic nitrogens is 1. The van der Waals surface area contributed by atoms with Crippen molar-refractivity contribution in [2.75, 3.05) is 37.8 Å². The number of nitrogens with zero attached hydrogens (tertiary/aromatic N) is 2. The molecule has 2 rings (SSSR count). The number of hydrogen-bond donors (Lipinski definition) is 1. The van der Waals surface area contributed by atoms with E-state index in [1.165, 1.54) is 11.3 Å². The highest BCUT2D eigenvalue weighted by atomic mass is 32.1. The van der Waals surface area contributed by atoms with Gasteiger partial charge < -0.3 is 19.5 Å². The van der Waals surface area contributed by atoms with Crippen molar-refractivity contribution >= 4 is 22.4 Å². The van der Waals surface area contributed by atoms with Crippen molar-refractivity contribution < 1.29 is 19.4 Å². The van der Waals surface area contributed by atoms with Gasteiger partial charge in [0.1, 0.15) is 0 Å². The molecule has 0 radical (unpaired) electrons. The lowest BCUT2D eigenvalue weighted by Gasteiger charge is -2.25. The molecule has 0 amide bonds. The molecular weight excluding hydrogens is 232 g/mol. The van der Waals surface area contributed by atoms with Crippen LogP contribution in [0, 0.1) is 0 Å². The SMILES string of the molecule is O=C(O)COc1cnc(N2CCOCC2)s1. The molecule has 1 aliphatic heterocycles. The highest BCUT2D eigenvalue weighted by Gasteiger charge is 2.15. The molecule has 6 nitrogen and oxygen atoms in total. The zero-order valence-electron chi connectivity index (χ0n) is 8.59. The van der Waals surface area contributed by atoms with Gasteiger partial charge in [-0.25, -0.2) is 9.78 Å². The summed E-state index contributed by atoms with van der Waals surface area (Å²) in [6.07, 6.45) is 1.55. The third kappa shape index (κ3) is 2.83. The maximum absolute atomic E-state index is 10.3. The molecule has 1 N–H and O–H groups in total. The second-order valence-electron chi connectivity index (χ2n) is 3.24. The van der Waals surface area contributed by atoms with Crippen molar-refractivity contribution in [1.29, 1.82) is 0 Å². The fourth-order valence-electron chi connectivity index (χ4n) is 1.35. The molecule has 1 saturated heterocycles. The molecule has 0 aromatic carbocycles. The second kappa shape index (κ2) is 5.13. The van der Waals surface area contributed by atoms with Crippen molar-refractivity contribution in [3.8, 4) is 5.06 Å². The van der Waals surface area contributed by atoms with Gasteiger partial charge in [-0.3, -0.25) is 0 Å². The van der Waals surface area contributed by atoms with Crippen LogP contribution in [-0.4, -0.2) is 49.0 Å². The number of rotatable bonds is 4. The summed E-state index contributed by atoms with van der Waals surface area (Å²) in [5.74, 6) is -0.985. The van der Waals surface area contributed by atoms with Crippen molar-refractivity contribution in [1.82, 2.24) is 4.98 Å². The van der Waals surface area contributed by atoms with Crippen LogP contribution in [0.5, 0.6) is 5.06 Å². The van der Waals surface area contributed by atoms with Gasteiger partial charge in [0.2, 0.25) is 0 Å². The number of thiazole rings is 1. The van der Waals surface area contributed by atoms with E-state index in [1.54, 1.807) is 6.20 Å². The lowest BCUT2D eigenvalue weighted by atomic mass is 10.5. The molecule has 0 spiro atoms. The van der Waals surface area contributed by atoms with Crippen LogP contribution >= 0.6 is 11.3 Å². The number of carbonyl (C=O) groups is 1. The van der Waals surface area contributed by atoms with Crippen LogP contribution in [0.2, 0.25) is 0 Å². The van der Waals surface area contributed by atoms with Gasteiger partial charge in [0.25, 0.3) is 0 Å². The Labute approximate surface area is 96.4 Å². The van der Waals surface area contributed by atoms with E-state index in [2.05, 4.69) is 9.88 Å². The second-order valence-corrected chi connectivity index (χ2v) is 4.22. The van der Waals surface area contributed by atoms with Crippen LogP contribution < -0.4 is 9.64 Å². The number of morpholine rings is 1. The zero-order chi connectivity index (χ0) is 11.4. The molecule has 0 aliphatic carbocycles. The first-order chi connectivity index (χ1) is 7.75. The van der Waals surface area contributed by atoms with Gasteiger partial charge in [-0.2, -0.15) is 0 Å². The largest absolute Gasteiger partial charge is 0.479 e. The molecule has 1 aromatic heterocycles. The molecule has 0 saturated carbocycles. The third-order valence-electron chi connectivity index (χ3n) is 2.09. The van der Waals surface area contributed by atoms with E-state index in [4.69, 9.17) is 14.6 Å². The average molecular weight is 244 g/mol. The zero-order valence-corrected chi connectivity index (χ0v) is 9.40. The average Bonchev–Trinajstić information content (AvgIpc) is 2.76. The first-order valence-corrected chi connectivity index (χ1v) is 5.70. The van der Waals surface area contributed by atoms with E-state index in [0.717, 1.165) is 18.2 Å². The molecule has 2 heterocycles. The standard InChI is InChI=1S/C9H12N2O4S/c12-7(13)6-15-8-5-10-9(16-8)11-1-3-14-4-2-11/h5H,1-4,6H2,(H,12,13). The van der Waals surface area contributed by atoms with Crippen molar-refractivity contribution in [2.24, 2.45) is 0 Å². The van der Waals surface area contributed by atoms with Crippen LogP contribution in [0.3, 0.4) is 0 Å². The summed E-state index contributed by atoms with van der Waals surface area (Å²) in [6, 6.07) is 0. The molecule has 1 aromatic rings. The lowest BCUT2D eigenvalue weighted by Crippen LogP contribution is -2.36. The van der Waals surface area contributed by atoms with E-state index in [1.807, 2.05) is 0 Å². The molecule has 0 bridgehead atoms. The summed E-state index contributed by atoms with van der Waals surface area (Å²) < 4.78 is 10.3. The van der Waals surface area contributed by atoms with E-state index >= 15 is 0 Å². The minimum Gasteiger partial charge on any atom is -0.479 e. The van der Waals surface area contributed by atoms with Crippen LogP contribution in [-0.2, 0) is 9.53 Å². The minimum absolute atomic E-state index is 0.329. The number of ether oxygens (including phenoxy) is 2. The normalized spacial score (nSPS) is 16.1. The number of carboxylic acids is 1. The minimum atomic E-state index is -0.985. The number of carboxylic acid groups (broad SMARTS) is 1. The van der Waals surface area contributed by atoms with Crippen molar-refractivity contribution in [3.05, 3.63) is 6.20 Å². The van der Waals surface area contributed by atoms with Crippen LogP contribution in [0.25, 0.3) is 0 Å². The Bertz CT molecular complexity index is 362. The molecule has 16 heavy (non-hydrogen) atoms. The predicted octanol–water partition coefficient (Wildman–Crippen LogP) is 0.443. The number of hydrogen-bond acceptors (Lipinski definition) is 6. The lowest BCUT2D eigenvalue weighted by molar-refractivity contribution is -0.139. The fraction of sp³-hybridized carbons (Fsp3) is 0.556. The maximum Gasteiger partial charge on any atom is 0.341 e. The van der Waals surface area contributed by atoms with Crippen LogP contribution in [0.15, 0.2) is 6.20 Å². The Balaban J connectivity index is 1.93. The Kier molecular flexibility index (Phi) is 3.58. The Morgan fingerprint density at radius 2 is 2.38 bits per heavy atom. The summed E-state index contributed by atoms with van der Waals surface area (Å²) in [7, 11) is 0. The van der Waals surface area contributed by atoms with Crippen molar-refractivity contribution in [3.63, 3.8) is 0 Å². The molecule has 1 fully saturated rings. The molecular formula is C9H12N2O4S. The van der Waals surface area contributed by atoms with Gasteiger partial charge in [0.05, 0.1) is 19.4 Å². The maximum atomic E-state index is 10.3. The Morgan fingerprint density at radius 1 is 1.62 bits per heavy atom. The van der Waals surface area contributed by atoms with Crippen LogP contribution in [0.1, 0.15) is 0 Å². The number of aliphatic carboxylic acids is 1. The van der Waals surface area contributed by atoms with Gasteiger partial charge in [-0.05, 0) is 0 Å². The summed E-state index contributed by atoms with van der Waals surface area (Å²) in [5, 5.41) is 9.84. The number of anilines is 1. The van der Waals surface area contributed by atoms with Gasteiger partial charge in [0.15, 0.2) is 16.8 Å². The Morgan fingerprint density at radius 3 is 3.06 bits per heavy atom. The fourth-order valence-corrected chi connectivity index (χ4v) is 2.17. The monoisotopic (exact) mass is 244 g/mol. The molecule has 1 aliphatic rings. The highest BCUT2D eigenvalue weighted by Crippen LogP contribution is 2.28. The molecule has 7 heteroatoms. The van der Waals surface area contributed by atoms with E-state index in [9.17, 15) is 4.79 Å². The van der Waals surface area contributed by atoms with Gasteiger partial charge in [-0.1, -0.05) is 11.3 Å². The van der Waals surface area contributed by atoms with Crippen LogP contribution in [0.4, 0.5) is 5.13 Å². The van der Waals surface area contributed by atoms with E-state index in [0.29, 0.717) is 18.3 Å². The summed E-state index contributed by atoms with van der Waals surface area (Å²) in [6.45, 7) is 2.69. The summed E-state index contributed by atoms with van der Waals surface area (Å²) in [4.78, 5) is 16.6. The summed E-state index contributed by atoms with van der Waals surface area (Å²) >= 11 is 1.36. The first-order valence-electron chi connectivity index (χ1n) is 4.89. The molecule has 88 valence electrons. The van der Waals surface area contributed by atoms with E-state index < -0.39 is 5.97 Å². The molecule has 0 atom stereocenters. The topological polar surface area (TPSA) is 71.9 Å². The van der Waals surface area contributed by atoms with Crippen molar-refractivity contribution in [2.45, 2.75) is 0 Å². The smallest absolute Gasteiger partial charge is 0.341 e. The third-order valence-corrected chi connectivity index (χ3v) is 3.06. The molecule has 0 unspecified atom stereocenters. The van der Waals surface area contributed by atoms with Gasteiger partial charge in [-0.15, -0.1) is 0 Å². The quantitative estimate of drug-likeness (QED) is 0.828. The van der Waals surface area contributed by atoms with Gasteiger partial charge >= 0.3 is 5.97 Å². The highest BCUT2D eigenvalue weighted by molar-refractivity contribution is 7.17. The Hall–Kier alpha value is -1.34.